The molecule has 0 unspecified atom stereocenters. The summed E-state index contributed by atoms with van der Waals surface area (Å²) in [5.41, 5.74) is 14.4. The maximum atomic E-state index is 12.3. The molecular formula is C21H26N4O3. The van der Waals surface area contributed by atoms with Gasteiger partial charge in [-0.2, -0.15) is 0 Å². The minimum atomic E-state index is -0.341. The van der Waals surface area contributed by atoms with Crippen LogP contribution in [0.4, 0.5) is 0 Å². The molecule has 0 aromatic heterocycles. The molecule has 2 rings (SSSR count). The first-order chi connectivity index (χ1) is 13.5. The zero-order valence-corrected chi connectivity index (χ0v) is 15.8. The Morgan fingerprint density at radius 1 is 1.11 bits per heavy atom. The molecule has 0 saturated carbocycles. The molecule has 0 saturated heterocycles. The van der Waals surface area contributed by atoms with Gasteiger partial charge in [0.05, 0.1) is 12.2 Å². The van der Waals surface area contributed by atoms with Gasteiger partial charge in [-0.25, -0.2) is 0 Å². The molecule has 1 amide bonds. The highest BCUT2D eigenvalue weighted by Crippen LogP contribution is 2.22. The van der Waals surface area contributed by atoms with Crippen molar-refractivity contribution in [3.8, 4) is 0 Å². The van der Waals surface area contributed by atoms with Crippen LogP contribution < -0.4 is 16.8 Å². The molecule has 0 spiro atoms. The number of allylic oxidation sites excluding steroid dienone is 4. The molecule has 148 valence electrons. The van der Waals surface area contributed by atoms with Crippen molar-refractivity contribution in [2.75, 3.05) is 13.1 Å². The zero-order chi connectivity index (χ0) is 20.4. The number of carbonyl (C=O) groups excluding carboxylic acids is 3. The molecule has 0 radical (unpaired) electrons. The lowest BCUT2D eigenvalue weighted by molar-refractivity contribution is -0.121. The highest BCUT2D eigenvalue weighted by Gasteiger charge is 2.20. The Balaban J connectivity index is 2.02. The van der Waals surface area contributed by atoms with Gasteiger partial charge in [0, 0.05) is 18.7 Å². The summed E-state index contributed by atoms with van der Waals surface area (Å²) in [4.78, 5) is 36.4. The third kappa shape index (κ3) is 6.12. The van der Waals surface area contributed by atoms with E-state index >= 15 is 0 Å². The van der Waals surface area contributed by atoms with Crippen LogP contribution in [-0.2, 0) is 14.4 Å². The predicted molar refractivity (Wildman–Crippen MR) is 108 cm³/mol. The van der Waals surface area contributed by atoms with Crippen LogP contribution in [0, 0.1) is 0 Å². The van der Waals surface area contributed by atoms with E-state index in [1.165, 1.54) is 6.08 Å². The summed E-state index contributed by atoms with van der Waals surface area (Å²) in [5, 5.41) is 2.60. The van der Waals surface area contributed by atoms with Crippen LogP contribution >= 0.6 is 0 Å². The SMILES string of the molecule is N/C(=C\C=C(/N)NC(=O)CN1CCCCC(CC=O)=C1C=O)c1ccccc1. The first-order valence-corrected chi connectivity index (χ1v) is 9.19. The highest BCUT2D eigenvalue weighted by atomic mass is 16.2. The monoisotopic (exact) mass is 382 g/mol. The van der Waals surface area contributed by atoms with Gasteiger partial charge in [0.1, 0.15) is 12.1 Å². The molecule has 0 bridgehead atoms. The molecule has 0 fully saturated rings. The number of amides is 1. The first kappa shape index (κ1) is 21.0. The number of hydrogen-bond donors (Lipinski definition) is 3. The minimum Gasteiger partial charge on any atom is -0.398 e. The molecule has 0 atom stereocenters. The molecule has 0 aliphatic carbocycles. The van der Waals surface area contributed by atoms with Gasteiger partial charge in [-0.1, -0.05) is 30.3 Å². The van der Waals surface area contributed by atoms with Gasteiger partial charge in [0.15, 0.2) is 6.29 Å². The minimum absolute atomic E-state index is 0.0111. The van der Waals surface area contributed by atoms with Gasteiger partial charge in [-0.05, 0) is 42.6 Å². The van der Waals surface area contributed by atoms with Gasteiger partial charge in [0.25, 0.3) is 0 Å². The predicted octanol–water partition coefficient (Wildman–Crippen LogP) is 1.43. The van der Waals surface area contributed by atoms with Crippen molar-refractivity contribution in [1.29, 1.82) is 0 Å². The third-order valence-electron chi connectivity index (χ3n) is 4.47. The fourth-order valence-corrected chi connectivity index (χ4v) is 3.06. The largest absolute Gasteiger partial charge is 0.398 e. The number of nitrogens with two attached hydrogens (primary N) is 2. The summed E-state index contributed by atoms with van der Waals surface area (Å²) in [7, 11) is 0. The molecule has 1 aliphatic heterocycles. The zero-order valence-electron chi connectivity index (χ0n) is 15.8. The summed E-state index contributed by atoms with van der Waals surface area (Å²) in [6.45, 7) is 0.567. The lowest BCUT2D eigenvalue weighted by Crippen LogP contribution is -2.38. The van der Waals surface area contributed by atoms with Crippen molar-refractivity contribution in [1.82, 2.24) is 10.2 Å². The van der Waals surface area contributed by atoms with E-state index in [9.17, 15) is 14.4 Å². The maximum Gasteiger partial charge on any atom is 0.244 e. The second-order valence-electron chi connectivity index (χ2n) is 6.51. The molecule has 1 aliphatic rings. The van der Waals surface area contributed by atoms with Gasteiger partial charge in [-0.15, -0.1) is 0 Å². The molecule has 1 aromatic carbocycles. The van der Waals surface area contributed by atoms with Gasteiger partial charge in [0.2, 0.25) is 5.91 Å². The summed E-state index contributed by atoms with van der Waals surface area (Å²) in [5.74, 6) is -0.185. The van der Waals surface area contributed by atoms with Gasteiger partial charge < -0.3 is 26.5 Å². The molecule has 5 N–H and O–H groups in total. The molecule has 7 heteroatoms. The molecular weight excluding hydrogens is 356 g/mol. The number of nitrogens with zero attached hydrogens (tertiary/aromatic N) is 1. The summed E-state index contributed by atoms with van der Waals surface area (Å²) < 4.78 is 0. The molecule has 1 heterocycles. The van der Waals surface area contributed by atoms with E-state index in [0.717, 1.165) is 36.6 Å². The van der Waals surface area contributed by atoms with E-state index < -0.39 is 0 Å². The maximum absolute atomic E-state index is 12.3. The molecule has 7 nitrogen and oxygen atoms in total. The summed E-state index contributed by atoms with van der Waals surface area (Å²) in [6.07, 6.45) is 7.27. The number of benzene rings is 1. The number of nitrogens with one attached hydrogen (secondary N) is 1. The Morgan fingerprint density at radius 2 is 1.86 bits per heavy atom. The van der Waals surface area contributed by atoms with E-state index in [0.29, 0.717) is 24.4 Å². The average molecular weight is 382 g/mol. The van der Waals surface area contributed by atoms with E-state index in [-0.39, 0.29) is 24.7 Å². The van der Waals surface area contributed by atoms with Crippen LogP contribution in [0.1, 0.15) is 31.2 Å². The Hall–Kier alpha value is -3.35. The van der Waals surface area contributed by atoms with Crippen molar-refractivity contribution in [2.45, 2.75) is 25.7 Å². The number of carbonyl (C=O) groups is 3. The fraction of sp³-hybridized carbons (Fsp3) is 0.286. The van der Waals surface area contributed by atoms with E-state index in [4.69, 9.17) is 11.5 Å². The van der Waals surface area contributed by atoms with Crippen molar-refractivity contribution in [2.24, 2.45) is 11.5 Å². The highest BCUT2D eigenvalue weighted by molar-refractivity contribution is 5.82. The first-order valence-electron chi connectivity index (χ1n) is 9.19. The second-order valence-corrected chi connectivity index (χ2v) is 6.51. The van der Waals surface area contributed by atoms with Gasteiger partial charge >= 0.3 is 0 Å². The van der Waals surface area contributed by atoms with E-state index in [2.05, 4.69) is 5.32 Å². The molecule has 28 heavy (non-hydrogen) atoms. The number of aldehydes is 2. The summed E-state index contributed by atoms with van der Waals surface area (Å²) in [6, 6.07) is 9.40. The Bertz CT molecular complexity index is 797. The van der Waals surface area contributed by atoms with Crippen LogP contribution in [0.15, 0.2) is 59.6 Å². The van der Waals surface area contributed by atoms with E-state index in [1.807, 2.05) is 30.3 Å². The van der Waals surface area contributed by atoms with Crippen LogP contribution in [0.25, 0.3) is 5.70 Å². The topological polar surface area (TPSA) is 119 Å². The van der Waals surface area contributed by atoms with Crippen molar-refractivity contribution in [3.63, 3.8) is 0 Å². The Labute approximate surface area is 164 Å². The number of hydrogen-bond acceptors (Lipinski definition) is 6. The lowest BCUT2D eigenvalue weighted by atomic mass is 10.1. The Kier molecular flexibility index (Phi) is 8.02. The third-order valence-corrected chi connectivity index (χ3v) is 4.47. The fourth-order valence-electron chi connectivity index (χ4n) is 3.06. The Morgan fingerprint density at radius 3 is 2.54 bits per heavy atom. The van der Waals surface area contributed by atoms with Crippen molar-refractivity contribution < 1.29 is 14.4 Å². The quantitative estimate of drug-likeness (QED) is 0.462. The average Bonchev–Trinajstić information content (AvgIpc) is 2.88. The van der Waals surface area contributed by atoms with Crippen LogP contribution in [0.3, 0.4) is 0 Å². The smallest absolute Gasteiger partial charge is 0.244 e. The standard InChI is InChI=1S/C21H26N4O3/c22-18(16-6-2-1-3-7-16)9-10-20(23)24-21(28)14-25-12-5-4-8-17(11-13-26)19(25)15-27/h1-3,6-7,9-10,13,15H,4-5,8,11-12,14,22-23H2,(H,24,28)/b18-9-,20-10+. The lowest BCUT2D eigenvalue weighted by Gasteiger charge is -2.23. The summed E-state index contributed by atoms with van der Waals surface area (Å²) >= 11 is 0. The van der Waals surface area contributed by atoms with Crippen molar-refractivity contribution in [3.05, 3.63) is 65.1 Å². The van der Waals surface area contributed by atoms with E-state index in [1.54, 1.807) is 11.0 Å². The van der Waals surface area contributed by atoms with Crippen molar-refractivity contribution >= 4 is 24.2 Å². The van der Waals surface area contributed by atoms with Gasteiger partial charge in [-0.3, -0.25) is 9.59 Å². The second kappa shape index (κ2) is 10.7. The van der Waals surface area contributed by atoms with Crippen LogP contribution in [0.5, 0.6) is 0 Å². The van der Waals surface area contributed by atoms with Crippen LogP contribution in [-0.4, -0.2) is 36.5 Å². The molecule has 1 aromatic rings. The van der Waals surface area contributed by atoms with Crippen LogP contribution in [0.2, 0.25) is 0 Å². The normalized spacial score (nSPS) is 15.8. The number of rotatable bonds is 8.